The average Bonchev–Trinajstić information content (AvgIpc) is 2.69. The second kappa shape index (κ2) is 5.02. The molecule has 98 valence electrons. The van der Waals surface area contributed by atoms with Crippen LogP contribution in [-0.2, 0) is 17.5 Å². The molecule has 0 amide bonds. The SMILES string of the molecule is COCCCn1c(C(F)(F)F)cc2ccccc21. The van der Waals surface area contributed by atoms with Crippen molar-refractivity contribution in [3.05, 3.63) is 36.0 Å². The fourth-order valence-electron chi connectivity index (χ4n) is 2.05. The molecule has 2 aromatic rings. The van der Waals surface area contributed by atoms with E-state index in [1.165, 1.54) is 10.6 Å². The molecule has 1 aromatic carbocycles. The number of rotatable bonds is 4. The number of para-hydroxylation sites is 1. The molecule has 0 bridgehead atoms. The van der Waals surface area contributed by atoms with Gasteiger partial charge >= 0.3 is 6.18 Å². The van der Waals surface area contributed by atoms with Crippen LogP contribution in [0.15, 0.2) is 30.3 Å². The first-order chi connectivity index (χ1) is 8.54. The zero-order chi connectivity index (χ0) is 13.2. The zero-order valence-electron chi connectivity index (χ0n) is 10.00. The molecule has 2 rings (SSSR count). The van der Waals surface area contributed by atoms with Gasteiger partial charge in [-0.3, -0.25) is 0 Å². The Balaban J connectivity index is 2.44. The number of aryl methyl sites for hydroxylation is 1. The third-order valence-electron chi connectivity index (χ3n) is 2.83. The number of halogens is 3. The van der Waals surface area contributed by atoms with Gasteiger partial charge < -0.3 is 9.30 Å². The summed E-state index contributed by atoms with van der Waals surface area (Å²) in [6.07, 6.45) is -3.77. The van der Waals surface area contributed by atoms with E-state index >= 15 is 0 Å². The fraction of sp³-hybridized carbons (Fsp3) is 0.385. The van der Waals surface area contributed by atoms with Crippen LogP contribution in [0.3, 0.4) is 0 Å². The number of ether oxygens (including phenoxy) is 1. The quantitative estimate of drug-likeness (QED) is 0.762. The molecule has 0 saturated carbocycles. The molecule has 18 heavy (non-hydrogen) atoms. The van der Waals surface area contributed by atoms with Crippen LogP contribution < -0.4 is 0 Å². The Morgan fingerprint density at radius 1 is 1.22 bits per heavy atom. The van der Waals surface area contributed by atoms with Crippen molar-refractivity contribution in [3.63, 3.8) is 0 Å². The number of hydrogen-bond donors (Lipinski definition) is 0. The predicted octanol–water partition coefficient (Wildman–Crippen LogP) is 3.70. The number of benzene rings is 1. The van der Waals surface area contributed by atoms with Gasteiger partial charge in [-0.2, -0.15) is 13.2 Å². The second-order valence-electron chi connectivity index (χ2n) is 4.08. The molecule has 1 aromatic heterocycles. The molecule has 0 saturated heterocycles. The lowest BCUT2D eigenvalue weighted by Crippen LogP contribution is -2.14. The Morgan fingerprint density at radius 3 is 2.61 bits per heavy atom. The van der Waals surface area contributed by atoms with Gasteiger partial charge in [-0.05, 0) is 18.6 Å². The largest absolute Gasteiger partial charge is 0.431 e. The summed E-state index contributed by atoms with van der Waals surface area (Å²) in [5.74, 6) is 0. The van der Waals surface area contributed by atoms with Crippen LogP contribution in [0.1, 0.15) is 12.1 Å². The predicted molar refractivity (Wildman–Crippen MR) is 63.4 cm³/mol. The van der Waals surface area contributed by atoms with E-state index in [2.05, 4.69) is 0 Å². The summed E-state index contributed by atoms with van der Waals surface area (Å²) in [6.45, 7) is 0.750. The summed E-state index contributed by atoms with van der Waals surface area (Å²) in [5, 5.41) is 0.613. The molecule has 5 heteroatoms. The molecule has 0 fully saturated rings. The van der Waals surface area contributed by atoms with E-state index in [9.17, 15) is 13.2 Å². The molecule has 0 aliphatic carbocycles. The molecule has 0 N–H and O–H groups in total. The number of hydrogen-bond acceptors (Lipinski definition) is 1. The number of alkyl halides is 3. The first-order valence-electron chi connectivity index (χ1n) is 5.68. The molecular formula is C13H14F3NO. The zero-order valence-corrected chi connectivity index (χ0v) is 10.00. The van der Waals surface area contributed by atoms with Crippen molar-refractivity contribution in [2.24, 2.45) is 0 Å². The Bertz CT molecular complexity index is 531. The maximum Gasteiger partial charge on any atom is 0.431 e. The monoisotopic (exact) mass is 257 g/mol. The highest BCUT2D eigenvalue weighted by molar-refractivity contribution is 5.81. The van der Waals surface area contributed by atoms with Crippen LogP contribution in [0.5, 0.6) is 0 Å². The van der Waals surface area contributed by atoms with Crippen molar-refractivity contribution in [1.82, 2.24) is 4.57 Å². The van der Waals surface area contributed by atoms with Crippen LogP contribution in [0.25, 0.3) is 10.9 Å². The van der Waals surface area contributed by atoms with Crippen molar-refractivity contribution in [2.75, 3.05) is 13.7 Å². The Hall–Kier alpha value is -1.49. The number of fused-ring (bicyclic) bond motifs is 1. The summed E-state index contributed by atoms with van der Waals surface area (Å²) in [6, 6.07) is 8.08. The molecule has 0 radical (unpaired) electrons. The van der Waals surface area contributed by atoms with E-state index in [0.29, 0.717) is 30.5 Å². The maximum atomic E-state index is 12.9. The molecule has 0 aliphatic heterocycles. The van der Waals surface area contributed by atoms with Crippen molar-refractivity contribution < 1.29 is 17.9 Å². The van der Waals surface area contributed by atoms with Gasteiger partial charge in [0.2, 0.25) is 0 Å². The summed E-state index contributed by atoms with van der Waals surface area (Å²) in [4.78, 5) is 0. The van der Waals surface area contributed by atoms with E-state index in [4.69, 9.17) is 4.74 Å². The maximum absolute atomic E-state index is 12.9. The van der Waals surface area contributed by atoms with Crippen LogP contribution >= 0.6 is 0 Å². The Labute approximate surface area is 103 Å². The smallest absolute Gasteiger partial charge is 0.385 e. The molecule has 2 nitrogen and oxygen atoms in total. The Morgan fingerprint density at radius 2 is 1.94 bits per heavy atom. The number of methoxy groups -OCH3 is 1. The average molecular weight is 257 g/mol. The summed E-state index contributed by atoms with van der Waals surface area (Å²) >= 11 is 0. The highest BCUT2D eigenvalue weighted by Gasteiger charge is 2.35. The second-order valence-corrected chi connectivity index (χ2v) is 4.08. The Kier molecular flexibility index (Phi) is 3.61. The number of nitrogens with zero attached hydrogens (tertiary/aromatic N) is 1. The molecule has 0 aliphatic rings. The van der Waals surface area contributed by atoms with Crippen molar-refractivity contribution in [3.8, 4) is 0 Å². The normalized spacial score (nSPS) is 12.2. The summed E-state index contributed by atoms with van der Waals surface area (Å²) in [7, 11) is 1.54. The summed E-state index contributed by atoms with van der Waals surface area (Å²) in [5.41, 5.74) is 0.0146. The third kappa shape index (κ3) is 2.51. The van der Waals surface area contributed by atoms with Crippen LogP contribution in [-0.4, -0.2) is 18.3 Å². The summed E-state index contributed by atoms with van der Waals surface area (Å²) < 4.78 is 45.0. The van der Waals surface area contributed by atoms with Gasteiger partial charge in [0.15, 0.2) is 0 Å². The van der Waals surface area contributed by atoms with Gasteiger partial charge in [0.1, 0.15) is 5.69 Å². The number of aromatic nitrogens is 1. The minimum Gasteiger partial charge on any atom is -0.385 e. The minimum atomic E-state index is -4.33. The van der Waals surface area contributed by atoms with E-state index in [0.717, 1.165) is 0 Å². The minimum absolute atomic E-state index is 0.302. The van der Waals surface area contributed by atoms with Crippen molar-refractivity contribution in [1.29, 1.82) is 0 Å². The van der Waals surface area contributed by atoms with Gasteiger partial charge in [-0.25, -0.2) is 0 Å². The van der Waals surface area contributed by atoms with Crippen LogP contribution in [0.2, 0.25) is 0 Å². The molecule has 0 atom stereocenters. The van der Waals surface area contributed by atoms with Gasteiger partial charge in [0.25, 0.3) is 0 Å². The van der Waals surface area contributed by atoms with Gasteiger partial charge in [-0.15, -0.1) is 0 Å². The van der Waals surface area contributed by atoms with Gasteiger partial charge in [-0.1, -0.05) is 18.2 Å². The van der Waals surface area contributed by atoms with E-state index < -0.39 is 11.9 Å². The first kappa shape index (κ1) is 13.0. The van der Waals surface area contributed by atoms with Gasteiger partial charge in [0, 0.05) is 31.2 Å². The van der Waals surface area contributed by atoms with E-state index in [1.807, 2.05) is 0 Å². The van der Waals surface area contributed by atoms with Crippen LogP contribution in [0, 0.1) is 0 Å². The molecule has 0 spiro atoms. The fourth-order valence-corrected chi connectivity index (χ4v) is 2.05. The lowest BCUT2D eigenvalue weighted by molar-refractivity contribution is -0.143. The van der Waals surface area contributed by atoms with Crippen molar-refractivity contribution in [2.45, 2.75) is 19.1 Å². The lowest BCUT2D eigenvalue weighted by atomic mass is 10.2. The van der Waals surface area contributed by atoms with E-state index in [-0.39, 0.29) is 0 Å². The third-order valence-corrected chi connectivity index (χ3v) is 2.83. The molecular weight excluding hydrogens is 243 g/mol. The standard InChI is InChI=1S/C13H14F3NO/c1-18-8-4-7-17-11-6-3-2-5-10(11)9-12(17)13(14,15)16/h2-3,5-6,9H,4,7-8H2,1H3. The molecule has 1 heterocycles. The highest BCUT2D eigenvalue weighted by Crippen LogP contribution is 2.34. The topological polar surface area (TPSA) is 14.2 Å². The van der Waals surface area contributed by atoms with Crippen molar-refractivity contribution >= 4 is 10.9 Å². The van der Waals surface area contributed by atoms with Crippen LogP contribution in [0.4, 0.5) is 13.2 Å². The lowest BCUT2D eigenvalue weighted by Gasteiger charge is -2.12. The highest BCUT2D eigenvalue weighted by atomic mass is 19.4. The first-order valence-corrected chi connectivity index (χ1v) is 5.68. The van der Waals surface area contributed by atoms with E-state index in [1.54, 1.807) is 31.4 Å². The molecule has 0 unspecified atom stereocenters. The van der Waals surface area contributed by atoms with Gasteiger partial charge in [0.05, 0.1) is 0 Å².